The van der Waals surface area contributed by atoms with Crippen LogP contribution >= 0.6 is 11.6 Å². The quantitative estimate of drug-likeness (QED) is 0.216. The maximum absolute atomic E-state index is 13.2. The summed E-state index contributed by atoms with van der Waals surface area (Å²) in [5.41, 5.74) is 2.10. The summed E-state index contributed by atoms with van der Waals surface area (Å²) in [5, 5.41) is 0. The van der Waals surface area contributed by atoms with Gasteiger partial charge in [0.2, 0.25) is 0 Å². The first-order valence-corrected chi connectivity index (χ1v) is 12.9. The first kappa shape index (κ1) is 25.3. The van der Waals surface area contributed by atoms with Gasteiger partial charge in [0.25, 0.3) is 0 Å². The summed E-state index contributed by atoms with van der Waals surface area (Å²) < 4.78 is 17.4. The number of carbonyl (C=O) groups is 1. The molecule has 0 amide bonds. The van der Waals surface area contributed by atoms with Gasteiger partial charge in [0.1, 0.15) is 24.4 Å². The highest BCUT2D eigenvalue weighted by molar-refractivity contribution is 6.18. The Morgan fingerprint density at radius 2 is 1.63 bits per heavy atom. The normalized spacial score (nSPS) is 18.3. The number of benzene rings is 3. The average Bonchev–Trinajstić information content (AvgIpc) is 2.92. The van der Waals surface area contributed by atoms with Gasteiger partial charge in [-0.1, -0.05) is 61.5 Å². The fourth-order valence-corrected chi connectivity index (χ4v) is 5.12. The standard InChI is InChI=1S/C30H33ClO4/c1-2-28(23-8-4-3-5-9-23)30(22-32,24-11-15-26(16-12-24)33-21-19-31)25-13-17-27(18-14-25)35-29-10-6-7-20-34-29/h3-5,8-9,11-18,22,28-29H,2,6-7,10,19-21H2,1H3. The first-order valence-electron chi connectivity index (χ1n) is 12.4. The van der Waals surface area contributed by atoms with Crippen LogP contribution in [0.3, 0.4) is 0 Å². The highest BCUT2D eigenvalue weighted by Crippen LogP contribution is 2.46. The maximum Gasteiger partial charge on any atom is 0.199 e. The van der Waals surface area contributed by atoms with Gasteiger partial charge in [0.05, 0.1) is 17.9 Å². The molecule has 0 N–H and O–H groups in total. The number of halogens is 1. The van der Waals surface area contributed by atoms with Crippen LogP contribution in [0.1, 0.15) is 55.2 Å². The molecule has 3 unspecified atom stereocenters. The van der Waals surface area contributed by atoms with E-state index in [1.807, 2.05) is 66.7 Å². The van der Waals surface area contributed by atoms with Crippen LogP contribution in [-0.2, 0) is 14.9 Å². The van der Waals surface area contributed by atoms with Gasteiger partial charge in [-0.2, -0.15) is 0 Å². The molecule has 0 radical (unpaired) electrons. The van der Waals surface area contributed by atoms with Gasteiger partial charge in [-0.3, -0.25) is 0 Å². The molecule has 0 aromatic heterocycles. The van der Waals surface area contributed by atoms with E-state index in [-0.39, 0.29) is 12.2 Å². The number of alkyl halides is 1. The van der Waals surface area contributed by atoms with Crippen molar-refractivity contribution < 1.29 is 19.0 Å². The first-order chi connectivity index (χ1) is 17.2. The third-order valence-electron chi connectivity index (χ3n) is 6.76. The molecular weight excluding hydrogens is 460 g/mol. The molecule has 0 spiro atoms. The van der Waals surface area contributed by atoms with Gasteiger partial charge < -0.3 is 19.0 Å². The van der Waals surface area contributed by atoms with Crippen LogP contribution in [0.4, 0.5) is 0 Å². The maximum atomic E-state index is 13.2. The van der Waals surface area contributed by atoms with E-state index in [1.54, 1.807) is 0 Å². The summed E-state index contributed by atoms with van der Waals surface area (Å²) in [4.78, 5) is 13.2. The zero-order valence-electron chi connectivity index (χ0n) is 20.2. The summed E-state index contributed by atoms with van der Waals surface area (Å²) in [7, 11) is 0. The molecule has 4 rings (SSSR count). The van der Waals surface area contributed by atoms with Crippen LogP contribution in [0.15, 0.2) is 78.9 Å². The van der Waals surface area contributed by atoms with Crippen molar-refractivity contribution in [3.8, 4) is 11.5 Å². The molecule has 0 bridgehead atoms. The molecule has 0 aliphatic carbocycles. The SMILES string of the molecule is CCC(c1ccccc1)C(C=O)(c1ccc(OCCCl)cc1)c1ccc(OC2CCCCO2)cc1. The van der Waals surface area contributed by atoms with Gasteiger partial charge in [0.15, 0.2) is 6.29 Å². The van der Waals surface area contributed by atoms with Crippen molar-refractivity contribution in [1.29, 1.82) is 0 Å². The van der Waals surface area contributed by atoms with Crippen LogP contribution in [0.25, 0.3) is 0 Å². The molecular formula is C30H33ClO4. The van der Waals surface area contributed by atoms with E-state index >= 15 is 0 Å². The van der Waals surface area contributed by atoms with E-state index in [4.69, 9.17) is 25.8 Å². The molecule has 184 valence electrons. The molecule has 1 heterocycles. The molecule has 5 heteroatoms. The monoisotopic (exact) mass is 492 g/mol. The molecule has 3 atom stereocenters. The fourth-order valence-electron chi connectivity index (χ4n) is 5.04. The van der Waals surface area contributed by atoms with Crippen LogP contribution in [0.5, 0.6) is 11.5 Å². The lowest BCUT2D eigenvalue weighted by molar-refractivity contribution is -0.112. The smallest absolute Gasteiger partial charge is 0.199 e. The zero-order valence-corrected chi connectivity index (χ0v) is 21.0. The summed E-state index contributed by atoms with van der Waals surface area (Å²) in [6.07, 6.45) is 4.76. The number of ether oxygens (including phenoxy) is 3. The molecule has 35 heavy (non-hydrogen) atoms. The highest BCUT2D eigenvalue weighted by atomic mass is 35.5. The molecule has 1 aliphatic heterocycles. The van der Waals surface area contributed by atoms with Gasteiger partial charge >= 0.3 is 0 Å². The molecule has 0 saturated carbocycles. The van der Waals surface area contributed by atoms with E-state index in [9.17, 15) is 4.79 Å². The van der Waals surface area contributed by atoms with Crippen LogP contribution in [0.2, 0.25) is 0 Å². The Morgan fingerprint density at radius 3 is 2.17 bits per heavy atom. The predicted octanol–water partition coefficient (Wildman–Crippen LogP) is 6.89. The van der Waals surface area contributed by atoms with Crippen molar-refractivity contribution in [3.05, 3.63) is 95.6 Å². The Kier molecular flexibility index (Phi) is 8.84. The average molecular weight is 493 g/mol. The minimum atomic E-state index is -0.874. The van der Waals surface area contributed by atoms with Gasteiger partial charge in [-0.15, -0.1) is 11.6 Å². The predicted molar refractivity (Wildman–Crippen MR) is 140 cm³/mol. The van der Waals surface area contributed by atoms with E-state index in [0.29, 0.717) is 12.5 Å². The minimum absolute atomic E-state index is 0.0516. The van der Waals surface area contributed by atoms with E-state index in [1.165, 1.54) is 0 Å². The van der Waals surface area contributed by atoms with Crippen molar-refractivity contribution in [1.82, 2.24) is 0 Å². The molecule has 1 saturated heterocycles. The summed E-state index contributed by atoms with van der Waals surface area (Å²) in [6, 6.07) is 26.0. The molecule has 3 aromatic carbocycles. The van der Waals surface area contributed by atoms with Crippen LogP contribution in [0, 0.1) is 0 Å². The largest absolute Gasteiger partial charge is 0.492 e. The van der Waals surface area contributed by atoms with Crippen LogP contribution in [-0.4, -0.2) is 31.7 Å². The third-order valence-corrected chi connectivity index (χ3v) is 6.92. The second-order valence-corrected chi connectivity index (χ2v) is 9.24. The lowest BCUT2D eigenvalue weighted by Crippen LogP contribution is -2.37. The molecule has 3 aromatic rings. The van der Waals surface area contributed by atoms with Crippen molar-refractivity contribution in [2.24, 2.45) is 0 Å². The van der Waals surface area contributed by atoms with Gasteiger partial charge in [-0.25, -0.2) is 0 Å². The number of aldehydes is 1. The fraction of sp³-hybridized carbons (Fsp3) is 0.367. The lowest BCUT2D eigenvalue weighted by Gasteiger charge is -2.38. The number of carbonyl (C=O) groups excluding carboxylic acids is 1. The summed E-state index contributed by atoms with van der Waals surface area (Å²) in [5.74, 6) is 1.85. The van der Waals surface area contributed by atoms with Crippen molar-refractivity contribution >= 4 is 17.9 Å². The molecule has 1 aliphatic rings. The number of rotatable bonds is 11. The third kappa shape index (κ3) is 5.71. The second kappa shape index (κ2) is 12.2. The van der Waals surface area contributed by atoms with Gasteiger partial charge in [-0.05, 0) is 60.2 Å². The van der Waals surface area contributed by atoms with Crippen molar-refractivity contribution in [3.63, 3.8) is 0 Å². The van der Waals surface area contributed by atoms with Crippen LogP contribution < -0.4 is 9.47 Å². The Labute approximate surface area is 213 Å². The lowest BCUT2D eigenvalue weighted by atomic mass is 9.63. The Morgan fingerprint density at radius 1 is 0.971 bits per heavy atom. The minimum Gasteiger partial charge on any atom is -0.492 e. The number of hydrogen-bond donors (Lipinski definition) is 0. The molecule has 1 fully saturated rings. The summed E-state index contributed by atoms with van der Waals surface area (Å²) >= 11 is 5.77. The van der Waals surface area contributed by atoms with E-state index in [2.05, 4.69) is 19.1 Å². The Balaban J connectivity index is 1.73. The molecule has 4 nitrogen and oxygen atoms in total. The van der Waals surface area contributed by atoms with E-state index in [0.717, 1.165) is 66.8 Å². The van der Waals surface area contributed by atoms with Crippen molar-refractivity contribution in [2.45, 2.75) is 50.2 Å². The zero-order chi connectivity index (χ0) is 24.5. The topological polar surface area (TPSA) is 44.8 Å². The Hall–Kier alpha value is -2.82. The highest BCUT2D eigenvalue weighted by Gasteiger charge is 2.42. The second-order valence-electron chi connectivity index (χ2n) is 8.86. The Bertz CT molecular complexity index is 1050. The van der Waals surface area contributed by atoms with Gasteiger partial charge in [0, 0.05) is 12.3 Å². The number of hydrogen-bond acceptors (Lipinski definition) is 4. The summed E-state index contributed by atoms with van der Waals surface area (Å²) in [6.45, 7) is 3.30. The van der Waals surface area contributed by atoms with Crippen molar-refractivity contribution in [2.75, 3.05) is 19.1 Å². The van der Waals surface area contributed by atoms with E-state index < -0.39 is 5.41 Å².